The first-order valence-corrected chi connectivity index (χ1v) is 5.45. The molecule has 0 N–H and O–H groups in total. The summed E-state index contributed by atoms with van der Waals surface area (Å²) < 4.78 is 0. The van der Waals surface area contributed by atoms with E-state index in [-0.39, 0.29) is 0 Å². The molecule has 0 aliphatic rings. The van der Waals surface area contributed by atoms with Gasteiger partial charge in [-0.05, 0) is 12.1 Å². The lowest BCUT2D eigenvalue weighted by molar-refractivity contribution is 1.72. The van der Waals surface area contributed by atoms with Gasteiger partial charge in [-0.2, -0.15) is 0 Å². The summed E-state index contributed by atoms with van der Waals surface area (Å²) in [5, 5.41) is 0.801. The molecule has 0 radical (unpaired) electrons. The van der Waals surface area contributed by atoms with E-state index in [1.165, 1.54) is 10.9 Å². The molecule has 0 unspecified atom stereocenters. The van der Waals surface area contributed by atoms with Gasteiger partial charge in [-0.1, -0.05) is 71.8 Å². The quantitative estimate of drug-likeness (QED) is 0.674. The fourth-order valence-electron chi connectivity index (χ4n) is 1.71. The molecule has 74 valence electrons. The number of halogens is 1. The lowest BCUT2D eigenvalue weighted by Crippen LogP contribution is -2.38. The molecule has 0 heterocycles. The second kappa shape index (κ2) is 4.54. The van der Waals surface area contributed by atoms with Gasteiger partial charge in [0.15, 0.2) is 0 Å². The van der Waals surface area contributed by atoms with Crippen LogP contribution < -0.4 is 10.9 Å². The van der Waals surface area contributed by atoms with Crippen molar-refractivity contribution >= 4 is 29.2 Å². The molecule has 0 spiro atoms. The Balaban J connectivity index is 2.32. The largest absolute Gasteiger partial charge is 0.206 e. The van der Waals surface area contributed by atoms with Gasteiger partial charge < -0.3 is 0 Å². The van der Waals surface area contributed by atoms with Crippen LogP contribution in [0.2, 0.25) is 11.8 Å². The Morgan fingerprint density at radius 2 is 1.53 bits per heavy atom. The maximum Gasteiger partial charge on any atom is 0.206 e. The molecular weight excluding hydrogens is 202 g/mol. The molecule has 0 aliphatic carbocycles. The Hall–Kier alpha value is -1.21. The van der Waals surface area contributed by atoms with E-state index < -0.39 is 0 Å². The van der Waals surface area contributed by atoms with Crippen LogP contribution in [0.25, 0.3) is 0 Å². The molecular formula is C13H12BCl. The topological polar surface area (TPSA) is 0 Å². The van der Waals surface area contributed by atoms with Crippen LogP contribution in [-0.4, -0.2) is 6.71 Å². The highest BCUT2D eigenvalue weighted by Gasteiger charge is 2.11. The summed E-state index contributed by atoms with van der Waals surface area (Å²) in [5.41, 5.74) is 2.58. The van der Waals surface area contributed by atoms with Gasteiger partial charge in [0.05, 0.1) is 0 Å². The minimum Gasteiger partial charge on any atom is -0.0844 e. The predicted molar refractivity (Wildman–Crippen MR) is 68.8 cm³/mol. The maximum atomic E-state index is 5.98. The number of benzene rings is 2. The Labute approximate surface area is 96.0 Å². The molecule has 0 bridgehead atoms. The average Bonchev–Trinajstić information content (AvgIpc) is 2.29. The first-order valence-electron chi connectivity index (χ1n) is 5.08. The van der Waals surface area contributed by atoms with E-state index in [1.807, 2.05) is 24.3 Å². The zero-order valence-electron chi connectivity index (χ0n) is 8.65. The fourth-order valence-corrected chi connectivity index (χ4v) is 1.91. The zero-order chi connectivity index (χ0) is 10.7. The molecule has 0 aromatic heterocycles. The summed E-state index contributed by atoms with van der Waals surface area (Å²) in [6.45, 7) is 2.59. The molecule has 2 aromatic rings. The average molecular weight is 215 g/mol. The van der Waals surface area contributed by atoms with Crippen molar-refractivity contribution in [3.05, 3.63) is 59.6 Å². The summed E-state index contributed by atoms with van der Waals surface area (Å²) in [6, 6.07) is 18.5. The number of rotatable bonds is 2. The van der Waals surface area contributed by atoms with Crippen molar-refractivity contribution in [1.29, 1.82) is 0 Å². The highest BCUT2D eigenvalue weighted by atomic mass is 35.5. The molecule has 15 heavy (non-hydrogen) atoms. The van der Waals surface area contributed by atoms with Gasteiger partial charge in [-0.3, -0.25) is 0 Å². The number of hydrogen-bond acceptors (Lipinski definition) is 0. The minimum absolute atomic E-state index is 0.393. The van der Waals surface area contributed by atoms with Crippen molar-refractivity contribution in [1.82, 2.24) is 0 Å². The minimum atomic E-state index is 0.393. The summed E-state index contributed by atoms with van der Waals surface area (Å²) in [6.07, 6.45) is 0. The van der Waals surface area contributed by atoms with E-state index in [1.54, 1.807) is 0 Å². The third kappa shape index (κ3) is 2.43. The lowest BCUT2D eigenvalue weighted by Gasteiger charge is -2.08. The van der Waals surface area contributed by atoms with Crippen molar-refractivity contribution in [2.45, 2.75) is 6.82 Å². The molecule has 0 saturated heterocycles. The van der Waals surface area contributed by atoms with Crippen molar-refractivity contribution in [3.63, 3.8) is 0 Å². The van der Waals surface area contributed by atoms with Crippen LogP contribution in [0.1, 0.15) is 0 Å². The van der Waals surface area contributed by atoms with Crippen LogP contribution >= 0.6 is 11.6 Å². The molecule has 2 heteroatoms. The molecule has 0 fully saturated rings. The molecule has 2 rings (SSSR count). The molecule has 0 amide bonds. The van der Waals surface area contributed by atoms with Crippen molar-refractivity contribution in [2.24, 2.45) is 0 Å². The van der Waals surface area contributed by atoms with Crippen LogP contribution in [0.4, 0.5) is 0 Å². The maximum absolute atomic E-state index is 5.98. The van der Waals surface area contributed by atoms with Gasteiger partial charge in [0.1, 0.15) is 0 Å². The first-order chi connectivity index (χ1) is 7.27. The molecule has 0 saturated carbocycles. The standard InChI is InChI=1S/C13H12BCl/c1-14(11-6-3-2-4-7-11)12-8-5-9-13(15)10-12/h2-10H,1H3. The van der Waals surface area contributed by atoms with E-state index in [2.05, 4.69) is 37.2 Å². The van der Waals surface area contributed by atoms with Gasteiger partial charge in [0.2, 0.25) is 6.71 Å². The summed E-state index contributed by atoms with van der Waals surface area (Å²) in [4.78, 5) is 0. The smallest absolute Gasteiger partial charge is 0.0844 e. The van der Waals surface area contributed by atoms with Crippen LogP contribution in [0.15, 0.2) is 54.6 Å². The van der Waals surface area contributed by atoms with E-state index in [9.17, 15) is 0 Å². The van der Waals surface area contributed by atoms with Crippen molar-refractivity contribution in [3.8, 4) is 0 Å². The Bertz CT molecular complexity index is 439. The number of hydrogen-bond donors (Lipinski definition) is 0. The molecule has 0 nitrogen and oxygen atoms in total. The SMILES string of the molecule is CB(c1ccccc1)c1cccc(Cl)c1. The Morgan fingerprint density at radius 1 is 0.867 bits per heavy atom. The third-order valence-corrected chi connectivity index (χ3v) is 2.88. The van der Waals surface area contributed by atoms with Crippen LogP contribution in [0.3, 0.4) is 0 Å². The van der Waals surface area contributed by atoms with E-state index in [4.69, 9.17) is 11.6 Å². The van der Waals surface area contributed by atoms with E-state index in [0.717, 1.165) is 5.02 Å². The Kier molecular flexibility index (Phi) is 3.12. The normalized spacial score (nSPS) is 10.0. The van der Waals surface area contributed by atoms with Crippen molar-refractivity contribution < 1.29 is 0 Å². The van der Waals surface area contributed by atoms with Gasteiger partial charge >= 0.3 is 0 Å². The zero-order valence-corrected chi connectivity index (χ0v) is 9.41. The highest BCUT2D eigenvalue weighted by Crippen LogP contribution is 2.04. The predicted octanol–water partition coefficient (Wildman–Crippen LogP) is 2.58. The van der Waals surface area contributed by atoms with Crippen LogP contribution in [-0.2, 0) is 0 Å². The lowest BCUT2D eigenvalue weighted by atomic mass is 9.43. The van der Waals surface area contributed by atoms with Gasteiger partial charge in [0, 0.05) is 5.02 Å². The summed E-state index contributed by atoms with van der Waals surface area (Å²) >= 11 is 5.98. The molecule has 2 aromatic carbocycles. The van der Waals surface area contributed by atoms with Gasteiger partial charge in [0.25, 0.3) is 0 Å². The molecule has 0 aliphatic heterocycles. The van der Waals surface area contributed by atoms with Gasteiger partial charge in [-0.25, -0.2) is 0 Å². The van der Waals surface area contributed by atoms with Gasteiger partial charge in [-0.15, -0.1) is 0 Å². The monoisotopic (exact) mass is 214 g/mol. The third-order valence-electron chi connectivity index (χ3n) is 2.65. The van der Waals surface area contributed by atoms with Crippen LogP contribution in [0.5, 0.6) is 0 Å². The van der Waals surface area contributed by atoms with E-state index >= 15 is 0 Å². The summed E-state index contributed by atoms with van der Waals surface area (Å²) in [5.74, 6) is 0. The highest BCUT2D eigenvalue weighted by molar-refractivity contribution is 6.84. The second-order valence-electron chi connectivity index (χ2n) is 3.69. The Morgan fingerprint density at radius 3 is 2.20 bits per heavy atom. The second-order valence-corrected chi connectivity index (χ2v) is 4.12. The summed E-state index contributed by atoms with van der Waals surface area (Å²) in [7, 11) is 0. The van der Waals surface area contributed by atoms with Crippen molar-refractivity contribution in [2.75, 3.05) is 0 Å². The van der Waals surface area contributed by atoms with Crippen LogP contribution in [0, 0.1) is 0 Å². The molecule has 0 atom stereocenters. The van der Waals surface area contributed by atoms with E-state index in [0.29, 0.717) is 6.71 Å². The first kappa shape index (κ1) is 10.3. The fraction of sp³-hybridized carbons (Fsp3) is 0.0769.